The molecule has 5 rings (SSSR count). The molecule has 0 amide bonds. The SMILES string of the molecule is CS(=O)(=O)c1ccc(N=Nc2ccc(N=Nc3c(S(=O)O)cc4cc(S(=O)O)c(N)cc4c3O)c3cc(S(=O)(=O)O)ccc23)cc1. The van der Waals surface area contributed by atoms with E-state index in [0.717, 1.165) is 24.5 Å². The number of rotatable bonds is 8. The number of nitrogens with zero attached hydrogens (tertiary/aromatic N) is 4. The number of nitrogen functional groups attached to an aromatic ring is 1. The third kappa shape index (κ3) is 6.70. The number of phenols is 1. The molecule has 0 heterocycles. The summed E-state index contributed by atoms with van der Waals surface area (Å²) < 4.78 is 100. The van der Waals surface area contributed by atoms with Crippen LogP contribution in [0.1, 0.15) is 0 Å². The number of azo groups is 2. The van der Waals surface area contributed by atoms with Crippen LogP contribution in [-0.2, 0) is 42.1 Å². The monoisotopic (exact) mass is 703 g/mol. The number of hydrogen-bond donors (Lipinski definition) is 5. The molecule has 5 aromatic rings. The Morgan fingerprint density at radius 2 is 1.24 bits per heavy atom. The molecular weight excluding hydrogens is 683 g/mol. The van der Waals surface area contributed by atoms with Crippen molar-refractivity contribution in [1.29, 1.82) is 0 Å². The lowest BCUT2D eigenvalue weighted by Crippen LogP contribution is -1.98. The molecule has 238 valence electrons. The largest absolute Gasteiger partial charge is 0.505 e. The highest BCUT2D eigenvalue weighted by Gasteiger charge is 2.20. The molecule has 0 spiro atoms. The molecule has 0 aliphatic rings. The number of hydrogen-bond acceptors (Lipinski definition) is 12. The molecule has 19 heteroatoms. The van der Waals surface area contributed by atoms with Gasteiger partial charge in [0.1, 0.15) is 5.69 Å². The number of sulfone groups is 1. The summed E-state index contributed by atoms with van der Waals surface area (Å²) in [5.41, 5.74) is 5.80. The van der Waals surface area contributed by atoms with E-state index in [9.17, 15) is 44.0 Å². The summed E-state index contributed by atoms with van der Waals surface area (Å²) in [6.45, 7) is 0. The lowest BCUT2D eigenvalue weighted by Gasteiger charge is -2.11. The second-order valence-corrected chi connectivity index (χ2v) is 14.9. The van der Waals surface area contributed by atoms with Gasteiger partial charge in [-0.1, -0.05) is 6.07 Å². The zero-order valence-corrected chi connectivity index (χ0v) is 26.4. The number of anilines is 1. The molecule has 15 nitrogen and oxygen atoms in total. The second-order valence-electron chi connectivity index (χ2n) is 9.63. The molecule has 0 aliphatic carbocycles. The van der Waals surface area contributed by atoms with E-state index in [1.165, 1.54) is 54.6 Å². The highest BCUT2D eigenvalue weighted by atomic mass is 32.2. The Hall–Kier alpha value is -4.50. The van der Waals surface area contributed by atoms with Crippen LogP contribution in [0.3, 0.4) is 0 Å². The van der Waals surface area contributed by atoms with Gasteiger partial charge in [-0.3, -0.25) is 4.55 Å². The van der Waals surface area contributed by atoms with Crippen LogP contribution >= 0.6 is 0 Å². The quantitative estimate of drug-likeness (QED) is 0.0548. The minimum atomic E-state index is -4.67. The standard InChI is InChI=1S/C27H21N5O10S4/c1-45(38,39)16-4-2-15(3-5-16)29-30-22-8-9-23(20-12-17(46(40,41)42)6-7-18(20)22)31-32-26-25(44(36)37)11-14-10-24(43(34)35)21(28)13-19(14)27(26)33/h2-13,33H,28H2,1H3,(H,34,35)(H,36,37)(H,40,41,42). The van der Waals surface area contributed by atoms with Gasteiger partial charge in [0.05, 0.1) is 42.3 Å². The molecule has 0 saturated heterocycles. The van der Waals surface area contributed by atoms with E-state index < -0.39 is 63.3 Å². The van der Waals surface area contributed by atoms with Crippen LogP contribution in [-0.4, -0.2) is 50.3 Å². The maximum absolute atomic E-state index is 12.2. The molecule has 2 atom stereocenters. The lowest BCUT2D eigenvalue weighted by atomic mass is 10.1. The third-order valence-electron chi connectivity index (χ3n) is 6.59. The Morgan fingerprint density at radius 3 is 1.83 bits per heavy atom. The molecule has 46 heavy (non-hydrogen) atoms. The van der Waals surface area contributed by atoms with E-state index in [-0.39, 0.29) is 43.0 Å². The highest BCUT2D eigenvalue weighted by Crippen LogP contribution is 2.43. The van der Waals surface area contributed by atoms with Gasteiger partial charge in [0.25, 0.3) is 10.1 Å². The molecule has 6 N–H and O–H groups in total. The Bertz CT molecular complexity index is 2400. The molecule has 5 aromatic carbocycles. The number of fused-ring (bicyclic) bond motifs is 2. The van der Waals surface area contributed by atoms with E-state index >= 15 is 0 Å². The van der Waals surface area contributed by atoms with Crippen LogP contribution in [0.15, 0.2) is 113 Å². The van der Waals surface area contributed by atoms with Crippen molar-refractivity contribution in [3.63, 3.8) is 0 Å². The normalized spacial score (nSPS) is 14.0. The minimum absolute atomic E-state index is 0.00309. The summed E-state index contributed by atoms with van der Waals surface area (Å²) in [4.78, 5) is -0.978. The van der Waals surface area contributed by atoms with E-state index in [1.807, 2.05) is 0 Å². The Labute approximate surface area is 265 Å². The van der Waals surface area contributed by atoms with Crippen LogP contribution in [0.25, 0.3) is 21.5 Å². The van der Waals surface area contributed by atoms with Gasteiger partial charge in [-0.15, -0.1) is 15.3 Å². The van der Waals surface area contributed by atoms with Crippen molar-refractivity contribution in [2.45, 2.75) is 19.6 Å². The summed E-state index contributed by atoms with van der Waals surface area (Å²) in [6, 6.07) is 15.5. The van der Waals surface area contributed by atoms with Crippen LogP contribution in [0.4, 0.5) is 28.4 Å². The Morgan fingerprint density at radius 1 is 0.674 bits per heavy atom. The number of nitrogens with two attached hydrogens (primary N) is 1. The van der Waals surface area contributed by atoms with Gasteiger partial charge in [-0.2, -0.15) is 13.5 Å². The van der Waals surface area contributed by atoms with Gasteiger partial charge < -0.3 is 19.9 Å². The molecule has 0 aliphatic heterocycles. The minimum Gasteiger partial charge on any atom is -0.505 e. The van der Waals surface area contributed by atoms with E-state index in [0.29, 0.717) is 11.1 Å². The van der Waals surface area contributed by atoms with E-state index in [2.05, 4.69) is 20.5 Å². The Balaban J connectivity index is 1.65. The van der Waals surface area contributed by atoms with Crippen molar-refractivity contribution < 1.29 is 44.0 Å². The van der Waals surface area contributed by atoms with Crippen molar-refractivity contribution in [2.24, 2.45) is 20.5 Å². The summed E-state index contributed by atoms with van der Waals surface area (Å²) in [5, 5.41) is 27.9. The van der Waals surface area contributed by atoms with Crippen LogP contribution in [0.2, 0.25) is 0 Å². The zero-order chi connectivity index (χ0) is 33.6. The maximum atomic E-state index is 12.2. The van der Waals surface area contributed by atoms with Gasteiger partial charge >= 0.3 is 0 Å². The molecule has 0 radical (unpaired) electrons. The van der Waals surface area contributed by atoms with Gasteiger partial charge in [-0.25, -0.2) is 16.8 Å². The predicted molar refractivity (Wildman–Crippen MR) is 170 cm³/mol. The van der Waals surface area contributed by atoms with E-state index in [4.69, 9.17) is 5.73 Å². The van der Waals surface area contributed by atoms with Crippen LogP contribution in [0.5, 0.6) is 5.75 Å². The fourth-order valence-electron chi connectivity index (χ4n) is 4.38. The first-order chi connectivity index (χ1) is 21.5. The first kappa shape index (κ1) is 32.9. The molecular formula is C27H21N5O10S4. The number of phenolic OH excluding ortho intramolecular Hbond substituents is 1. The van der Waals surface area contributed by atoms with Crippen molar-refractivity contribution in [3.8, 4) is 5.75 Å². The zero-order valence-electron chi connectivity index (χ0n) is 23.2. The number of aromatic hydroxyl groups is 1. The molecule has 0 saturated carbocycles. The Kier molecular flexibility index (Phi) is 8.84. The highest BCUT2D eigenvalue weighted by molar-refractivity contribution is 7.90. The summed E-state index contributed by atoms with van der Waals surface area (Å²) >= 11 is -5.20. The molecule has 0 fully saturated rings. The molecule has 0 aromatic heterocycles. The second kappa shape index (κ2) is 12.4. The van der Waals surface area contributed by atoms with Crippen molar-refractivity contribution in [1.82, 2.24) is 0 Å². The smallest absolute Gasteiger partial charge is 0.294 e. The molecule has 2 unspecified atom stereocenters. The fraction of sp³-hybridized carbons (Fsp3) is 0.0370. The van der Waals surface area contributed by atoms with Crippen molar-refractivity contribution in [3.05, 3.63) is 72.8 Å². The average molecular weight is 704 g/mol. The topological polar surface area (TPSA) is 259 Å². The average Bonchev–Trinajstić information content (AvgIpc) is 2.98. The predicted octanol–water partition coefficient (Wildman–Crippen LogP) is 5.92. The summed E-state index contributed by atoms with van der Waals surface area (Å²) in [5.74, 6) is -0.615. The number of benzene rings is 5. The summed E-state index contributed by atoms with van der Waals surface area (Å²) in [6.07, 6.45) is 1.06. The lowest BCUT2D eigenvalue weighted by molar-refractivity contribution is 0.480. The van der Waals surface area contributed by atoms with Gasteiger partial charge in [0.2, 0.25) is 0 Å². The van der Waals surface area contributed by atoms with Gasteiger partial charge in [0.15, 0.2) is 37.7 Å². The fourth-order valence-corrected chi connectivity index (χ4v) is 6.53. The van der Waals surface area contributed by atoms with Gasteiger partial charge in [-0.05, 0) is 72.1 Å². The molecule has 0 bridgehead atoms. The van der Waals surface area contributed by atoms with E-state index in [1.54, 1.807) is 0 Å². The van der Waals surface area contributed by atoms with Crippen molar-refractivity contribution >= 4 is 92.1 Å². The summed E-state index contributed by atoms with van der Waals surface area (Å²) in [7, 11) is -8.09. The van der Waals surface area contributed by atoms with Crippen LogP contribution < -0.4 is 5.73 Å². The van der Waals surface area contributed by atoms with Crippen molar-refractivity contribution in [2.75, 3.05) is 12.0 Å². The van der Waals surface area contributed by atoms with Crippen LogP contribution in [0, 0.1) is 0 Å². The van der Waals surface area contributed by atoms with Gasteiger partial charge in [0, 0.05) is 22.4 Å². The third-order valence-corrected chi connectivity index (χ3v) is 9.99. The first-order valence-electron chi connectivity index (χ1n) is 12.5. The first-order valence-corrected chi connectivity index (χ1v) is 18.1. The maximum Gasteiger partial charge on any atom is 0.294 e.